The molecule has 0 saturated heterocycles. The van der Waals surface area contributed by atoms with Crippen LogP contribution in [0, 0.1) is 13.8 Å². The molecule has 0 fully saturated rings. The van der Waals surface area contributed by atoms with E-state index in [1.807, 2.05) is 24.3 Å². The standard InChI is InChI=1S/C21H18N6O/c1-13-14(2)26(11-15-7-5-6-10-22-15)20-18(13)21-24-19(25-27(21)12-23-20)16-8-3-4-9-17(16)28/h3-10,12,28H,11H2,1-2H3. The summed E-state index contributed by atoms with van der Waals surface area (Å²) in [5.74, 6) is 0.630. The van der Waals surface area contributed by atoms with Gasteiger partial charge in [0.05, 0.1) is 23.2 Å². The first-order valence-corrected chi connectivity index (χ1v) is 9.02. The average molecular weight is 370 g/mol. The zero-order valence-electron chi connectivity index (χ0n) is 15.5. The van der Waals surface area contributed by atoms with Crippen LogP contribution in [-0.4, -0.2) is 34.2 Å². The normalized spacial score (nSPS) is 11.5. The lowest BCUT2D eigenvalue weighted by Crippen LogP contribution is -2.04. The Balaban J connectivity index is 1.72. The van der Waals surface area contributed by atoms with Crippen molar-refractivity contribution in [2.45, 2.75) is 20.4 Å². The summed E-state index contributed by atoms with van der Waals surface area (Å²) in [5.41, 5.74) is 5.38. The third-order valence-electron chi connectivity index (χ3n) is 5.14. The fourth-order valence-electron chi connectivity index (χ4n) is 3.55. The summed E-state index contributed by atoms with van der Waals surface area (Å²) in [6, 6.07) is 13.0. The molecule has 0 amide bonds. The van der Waals surface area contributed by atoms with Crippen LogP contribution in [-0.2, 0) is 6.54 Å². The first-order valence-electron chi connectivity index (χ1n) is 9.02. The van der Waals surface area contributed by atoms with Crippen molar-refractivity contribution in [2.24, 2.45) is 0 Å². The maximum Gasteiger partial charge on any atom is 0.185 e. The van der Waals surface area contributed by atoms with Crippen molar-refractivity contribution in [1.29, 1.82) is 0 Å². The van der Waals surface area contributed by atoms with E-state index in [-0.39, 0.29) is 5.75 Å². The van der Waals surface area contributed by atoms with Crippen molar-refractivity contribution in [1.82, 2.24) is 29.1 Å². The molecule has 7 heteroatoms. The number of aryl methyl sites for hydroxylation is 1. The molecule has 0 aliphatic carbocycles. The molecule has 1 aromatic carbocycles. The molecule has 4 aromatic heterocycles. The smallest absolute Gasteiger partial charge is 0.185 e. The van der Waals surface area contributed by atoms with E-state index in [1.54, 1.807) is 35.2 Å². The Morgan fingerprint density at radius 3 is 2.57 bits per heavy atom. The topological polar surface area (TPSA) is 81.1 Å². The Morgan fingerprint density at radius 1 is 0.964 bits per heavy atom. The van der Waals surface area contributed by atoms with E-state index in [9.17, 15) is 5.11 Å². The number of hydrogen-bond acceptors (Lipinski definition) is 5. The molecule has 5 rings (SSSR count). The van der Waals surface area contributed by atoms with E-state index in [1.165, 1.54) is 0 Å². The largest absolute Gasteiger partial charge is 0.507 e. The van der Waals surface area contributed by atoms with Gasteiger partial charge in [-0.1, -0.05) is 18.2 Å². The zero-order chi connectivity index (χ0) is 19.3. The predicted octanol–water partition coefficient (Wildman–Crippen LogP) is 3.51. The summed E-state index contributed by atoms with van der Waals surface area (Å²) in [4.78, 5) is 13.8. The van der Waals surface area contributed by atoms with Gasteiger partial charge in [-0.25, -0.2) is 14.5 Å². The highest BCUT2D eigenvalue weighted by Crippen LogP contribution is 2.30. The van der Waals surface area contributed by atoms with E-state index in [0.717, 1.165) is 33.6 Å². The van der Waals surface area contributed by atoms with Crippen molar-refractivity contribution in [3.8, 4) is 17.1 Å². The van der Waals surface area contributed by atoms with E-state index in [4.69, 9.17) is 4.98 Å². The lowest BCUT2D eigenvalue weighted by molar-refractivity contribution is 0.477. The van der Waals surface area contributed by atoms with Gasteiger partial charge in [0, 0.05) is 11.9 Å². The molecule has 5 aromatic rings. The van der Waals surface area contributed by atoms with Gasteiger partial charge in [-0.3, -0.25) is 4.98 Å². The molecule has 7 nitrogen and oxygen atoms in total. The van der Waals surface area contributed by atoms with Gasteiger partial charge in [-0.15, -0.1) is 5.10 Å². The Labute approximate surface area is 161 Å². The van der Waals surface area contributed by atoms with E-state index in [0.29, 0.717) is 17.9 Å². The summed E-state index contributed by atoms with van der Waals surface area (Å²) < 4.78 is 3.82. The maximum atomic E-state index is 10.2. The molecule has 1 N–H and O–H groups in total. The summed E-state index contributed by atoms with van der Waals surface area (Å²) in [6.45, 7) is 4.79. The van der Waals surface area contributed by atoms with Gasteiger partial charge in [-0.05, 0) is 43.7 Å². The van der Waals surface area contributed by atoms with Crippen LogP contribution in [0.5, 0.6) is 5.75 Å². The number of pyridine rings is 1. The van der Waals surface area contributed by atoms with Crippen LogP contribution in [0.15, 0.2) is 55.0 Å². The van der Waals surface area contributed by atoms with Gasteiger partial charge < -0.3 is 9.67 Å². The van der Waals surface area contributed by atoms with E-state index < -0.39 is 0 Å². The van der Waals surface area contributed by atoms with Crippen LogP contribution in [0.25, 0.3) is 28.1 Å². The van der Waals surface area contributed by atoms with Crippen molar-refractivity contribution in [3.05, 3.63) is 71.9 Å². The second-order valence-electron chi connectivity index (χ2n) is 6.78. The van der Waals surface area contributed by atoms with Gasteiger partial charge in [0.15, 0.2) is 11.5 Å². The number of hydrogen-bond donors (Lipinski definition) is 1. The first-order chi connectivity index (χ1) is 13.6. The molecular formula is C21H18N6O. The number of phenolic OH excluding ortho intramolecular Hbond substituents is 1. The monoisotopic (exact) mass is 370 g/mol. The Morgan fingerprint density at radius 2 is 1.79 bits per heavy atom. The minimum atomic E-state index is 0.156. The van der Waals surface area contributed by atoms with Crippen LogP contribution in [0.3, 0.4) is 0 Å². The molecule has 138 valence electrons. The number of benzene rings is 1. The summed E-state index contributed by atoms with van der Waals surface area (Å²) in [5, 5.41) is 15.6. The Hall–Kier alpha value is -3.74. The first kappa shape index (κ1) is 16.4. The molecule has 0 spiro atoms. The molecule has 0 unspecified atom stereocenters. The highest BCUT2D eigenvalue weighted by molar-refractivity contribution is 5.94. The van der Waals surface area contributed by atoms with Crippen LogP contribution < -0.4 is 0 Å². The van der Waals surface area contributed by atoms with Crippen LogP contribution in [0.1, 0.15) is 17.0 Å². The lowest BCUT2D eigenvalue weighted by atomic mass is 10.2. The number of phenols is 1. The van der Waals surface area contributed by atoms with E-state index >= 15 is 0 Å². The molecule has 0 aliphatic heterocycles. The van der Waals surface area contributed by atoms with Crippen LogP contribution >= 0.6 is 0 Å². The van der Waals surface area contributed by atoms with Gasteiger partial charge in [-0.2, -0.15) is 0 Å². The quantitative estimate of drug-likeness (QED) is 0.526. The molecule has 28 heavy (non-hydrogen) atoms. The number of fused-ring (bicyclic) bond motifs is 3. The van der Waals surface area contributed by atoms with Crippen LogP contribution in [0.4, 0.5) is 0 Å². The number of rotatable bonds is 3. The number of nitrogens with zero attached hydrogens (tertiary/aromatic N) is 6. The molecular weight excluding hydrogens is 352 g/mol. The van der Waals surface area contributed by atoms with Crippen molar-refractivity contribution < 1.29 is 5.11 Å². The third kappa shape index (κ3) is 2.44. The SMILES string of the molecule is Cc1c(C)n(Cc2ccccn2)c2ncn3nc(-c4ccccc4O)nc3c12. The van der Waals surface area contributed by atoms with Crippen molar-refractivity contribution in [2.75, 3.05) is 0 Å². The second-order valence-corrected chi connectivity index (χ2v) is 6.78. The third-order valence-corrected chi connectivity index (χ3v) is 5.14. The fourth-order valence-corrected chi connectivity index (χ4v) is 3.55. The van der Waals surface area contributed by atoms with Gasteiger partial charge in [0.1, 0.15) is 17.7 Å². The van der Waals surface area contributed by atoms with Crippen molar-refractivity contribution >= 4 is 16.7 Å². The highest BCUT2D eigenvalue weighted by atomic mass is 16.3. The molecule has 0 aliphatic rings. The van der Waals surface area contributed by atoms with Gasteiger partial charge >= 0.3 is 0 Å². The minimum Gasteiger partial charge on any atom is -0.507 e. The fraction of sp³-hybridized carbons (Fsp3) is 0.143. The maximum absolute atomic E-state index is 10.2. The number of aromatic hydroxyl groups is 1. The van der Waals surface area contributed by atoms with Gasteiger partial charge in [0.25, 0.3) is 0 Å². The second kappa shape index (κ2) is 6.16. The van der Waals surface area contributed by atoms with Crippen molar-refractivity contribution in [3.63, 3.8) is 0 Å². The molecule has 0 saturated carbocycles. The summed E-state index contributed by atoms with van der Waals surface area (Å²) >= 11 is 0. The molecule has 0 bridgehead atoms. The Bertz CT molecular complexity index is 1320. The highest BCUT2D eigenvalue weighted by Gasteiger charge is 2.19. The number of para-hydroxylation sites is 1. The zero-order valence-corrected chi connectivity index (χ0v) is 15.5. The summed E-state index contributed by atoms with van der Waals surface area (Å²) in [7, 11) is 0. The van der Waals surface area contributed by atoms with Crippen LogP contribution in [0.2, 0.25) is 0 Å². The molecule has 0 atom stereocenters. The molecule has 0 radical (unpaired) electrons. The lowest BCUT2D eigenvalue weighted by Gasteiger charge is -2.07. The number of aromatic nitrogens is 6. The summed E-state index contributed by atoms with van der Waals surface area (Å²) in [6.07, 6.45) is 3.47. The molecule has 4 heterocycles. The minimum absolute atomic E-state index is 0.156. The predicted molar refractivity (Wildman–Crippen MR) is 106 cm³/mol. The van der Waals surface area contributed by atoms with Gasteiger partial charge in [0.2, 0.25) is 0 Å². The van der Waals surface area contributed by atoms with E-state index in [2.05, 4.69) is 33.5 Å². The average Bonchev–Trinajstić information content (AvgIpc) is 3.24. The Kier molecular flexibility index (Phi) is 3.61.